The van der Waals surface area contributed by atoms with Gasteiger partial charge in [-0.3, -0.25) is 0 Å². The molecule has 0 aromatic carbocycles. The van der Waals surface area contributed by atoms with E-state index in [1.54, 1.807) is 0 Å². The number of hydrogen-bond acceptors (Lipinski definition) is 4. The van der Waals surface area contributed by atoms with Crippen molar-refractivity contribution in [1.29, 1.82) is 0 Å². The van der Waals surface area contributed by atoms with E-state index in [1.165, 1.54) is 6.42 Å². The summed E-state index contributed by atoms with van der Waals surface area (Å²) in [5.41, 5.74) is 5.28. The smallest absolute Gasteiger partial charge is 0.374 e. The molecule has 0 bridgehead atoms. The molecule has 2 N–H and O–H groups in total. The molecule has 19 heavy (non-hydrogen) atoms. The van der Waals surface area contributed by atoms with Crippen LogP contribution in [-0.2, 0) is 13.3 Å². The summed E-state index contributed by atoms with van der Waals surface area (Å²) in [4.78, 5) is 0. The zero-order valence-electron chi connectivity index (χ0n) is 13.8. The zero-order valence-corrected chi connectivity index (χ0v) is 14.8. The fourth-order valence-electron chi connectivity index (χ4n) is 1.47. The maximum absolute atomic E-state index is 5.65. The lowest BCUT2D eigenvalue weighted by atomic mass is 10.1. The summed E-state index contributed by atoms with van der Waals surface area (Å²) in [7, 11) is -2.30. The van der Waals surface area contributed by atoms with Crippen molar-refractivity contribution in [2.75, 3.05) is 26.4 Å². The average molecular weight is 294 g/mol. The van der Waals surface area contributed by atoms with Gasteiger partial charge in [0.05, 0.1) is 0 Å². The second-order valence-electron chi connectivity index (χ2n) is 4.48. The molecule has 0 heterocycles. The minimum Gasteiger partial charge on any atom is -0.374 e. The molecule has 0 aliphatic carbocycles. The molecule has 1 atom stereocenters. The van der Waals surface area contributed by atoms with E-state index in [1.807, 2.05) is 20.8 Å². The molecule has 0 rings (SSSR count). The van der Waals surface area contributed by atoms with Crippen LogP contribution in [0.2, 0.25) is 6.04 Å². The maximum Gasteiger partial charge on any atom is 0.500 e. The lowest BCUT2D eigenvalue weighted by Crippen LogP contribution is -2.45. The molecular formula is C14H35NO3Si. The van der Waals surface area contributed by atoms with Crippen molar-refractivity contribution in [3.8, 4) is 0 Å². The van der Waals surface area contributed by atoms with Crippen LogP contribution in [0.4, 0.5) is 0 Å². The maximum atomic E-state index is 5.65. The summed E-state index contributed by atoms with van der Waals surface area (Å²) in [5.74, 6) is 0.713. The van der Waals surface area contributed by atoms with Crippen molar-refractivity contribution in [1.82, 2.24) is 0 Å². The molecule has 0 fully saturated rings. The lowest BCUT2D eigenvalue weighted by Gasteiger charge is -2.27. The summed E-state index contributed by atoms with van der Waals surface area (Å²) in [6.07, 6.45) is 2.25. The Labute approximate surface area is 121 Å². The van der Waals surface area contributed by atoms with Gasteiger partial charge in [0.25, 0.3) is 0 Å². The van der Waals surface area contributed by atoms with Gasteiger partial charge in [-0.15, -0.1) is 0 Å². The van der Waals surface area contributed by atoms with Crippen LogP contribution in [0.3, 0.4) is 0 Å². The predicted molar refractivity (Wildman–Crippen MR) is 84.2 cm³/mol. The van der Waals surface area contributed by atoms with Crippen LogP contribution in [-0.4, -0.2) is 35.2 Å². The van der Waals surface area contributed by atoms with Gasteiger partial charge in [0.15, 0.2) is 0 Å². The highest BCUT2D eigenvalue weighted by molar-refractivity contribution is 6.60. The topological polar surface area (TPSA) is 53.7 Å². The van der Waals surface area contributed by atoms with Gasteiger partial charge in [-0.2, -0.15) is 0 Å². The summed E-state index contributed by atoms with van der Waals surface area (Å²) in [6, 6.07) is 0.919. The van der Waals surface area contributed by atoms with E-state index in [9.17, 15) is 0 Å². The fourth-order valence-corrected chi connectivity index (χ4v) is 4.09. The largest absolute Gasteiger partial charge is 0.500 e. The van der Waals surface area contributed by atoms with E-state index in [0.29, 0.717) is 25.7 Å². The van der Waals surface area contributed by atoms with Crippen molar-refractivity contribution < 1.29 is 13.3 Å². The first-order chi connectivity index (χ1) is 9.05. The van der Waals surface area contributed by atoms with Gasteiger partial charge in [-0.1, -0.05) is 33.6 Å². The Morgan fingerprint density at radius 1 is 0.895 bits per heavy atom. The molecule has 1 unspecified atom stereocenters. The van der Waals surface area contributed by atoms with Gasteiger partial charge >= 0.3 is 8.80 Å². The van der Waals surface area contributed by atoms with Crippen LogP contribution in [0.1, 0.15) is 54.4 Å². The van der Waals surface area contributed by atoms with Crippen LogP contribution in [0, 0.1) is 5.92 Å². The number of hydrogen-bond donors (Lipinski definition) is 1. The molecule has 0 aromatic heterocycles. The second kappa shape index (κ2) is 14.5. The monoisotopic (exact) mass is 293 g/mol. The quantitative estimate of drug-likeness (QED) is 0.627. The Morgan fingerprint density at radius 2 is 1.32 bits per heavy atom. The van der Waals surface area contributed by atoms with E-state index in [0.717, 1.165) is 19.0 Å². The van der Waals surface area contributed by atoms with Crippen LogP contribution in [0.15, 0.2) is 0 Å². The molecule has 5 heteroatoms. The van der Waals surface area contributed by atoms with Crippen molar-refractivity contribution in [3.63, 3.8) is 0 Å². The van der Waals surface area contributed by atoms with Gasteiger partial charge in [0, 0.05) is 25.9 Å². The van der Waals surface area contributed by atoms with Crippen molar-refractivity contribution in [2.24, 2.45) is 11.7 Å². The third-order valence-electron chi connectivity index (χ3n) is 2.75. The SMILES string of the molecule is CCC(C)CN.CCC[Si](OCC)(OCC)OCC. The van der Waals surface area contributed by atoms with Gasteiger partial charge < -0.3 is 19.0 Å². The highest BCUT2D eigenvalue weighted by Gasteiger charge is 2.38. The highest BCUT2D eigenvalue weighted by Crippen LogP contribution is 2.17. The first-order valence-electron chi connectivity index (χ1n) is 7.67. The molecule has 0 aliphatic heterocycles. The van der Waals surface area contributed by atoms with Crippen molar-refractivity contribution in [2.45, 2.75) is 60.4 Å². The van der Waals surface area contributed by atoms with Gasteiger partial charge in [0.2, 0.25) is 0 Å². The molecule has 0 radical (unpaired) electrons. The van der Waals surface area contributed by atoms with E-state index in [4.69, 9.17) is 19.0 Å². The molecule has 0 spiro atoms. The summed E-state index contributed by atoms with van der Waals surface area (Å²) < 4.78 is 16.9. The van der Waals surface area contributed by atoms with Crippen LogP contribution in [0.25, 0.3) is 0 Å². The Bertz CT molecular complexity index is 149. The van der Waals surface area contributed by atoms with Gasteiger partial charge in [-0.05, 0) is 33.2 Å². The zero-order chi connectivity index (χ0) is 15.1. The first-order valence-corrected chi connectivity index (χ1v) is 9.60. The minimum absolute atomic E-state index is 0.673. The molecule has 0 aromatic rings. The van der Waals surface area contributed by atoms with E-state index < -0.39 is 8.80 Å². The minimum atomic E-state index is -2.30. The third-order valence-corrected chi connectivity index (χ3v) is 6.05. The summed E-state index contributed by atoms with van der Waals surface area (Å²) >= 11 is 0. The standard InChI is InChI=1S/C9H22O3Si.C5H13N/c1-5-9-13(10-6-2,11-7-3)12-8-4;1-3-5(2)4-6/h5-9H2,1-4H3;5H,3-4,6H2,1-2H3. The Balaban J connectivity index is 0. The van der Waals surface area contributed by atoms with Crippen molar-refractivity contribution >= 4 is 8.80 Å². The highest BCUT2D eigenvalue weighted by atomic mass is 28.4. The van der Waals surface area contributed by atoms with Crippen LogP contribution in [0.5, 0.6) is 0 Å². The van der Waals surface area contributed by atoms with Crippen LogP contribution < -0.4 is 5.73 Å². The molecule has 0 amide bonds. The Hall–Kier alpha value is 0.0569. The molecular weight excluding hydrogens is 258 g/mol. The molecule has 0 saturated heterocycles. The number of nitrogens with two attached hydrogens (primary N) is 1. The van der Waals surface area contributed by atoms with Crippen LogP contribution >= 0.6 is 0 Å². The normalized spacial score (nSPS) is 12.8. The summed E-state index contributed by atoms with van der Waals surface area (Å²) in [5, 5.41) is 0. The van der Waals surface area contributed by atoms with E-state index in [2.05, 4.69) is 20.8 Å². The first kappa shape index (κ1) is 21.4. The van der Waals surface area contributed by atoms with Crippen molar-refractivity contribution in [3.05, 3.63) is 0 Å². The third kappa shape index (κ3) is 11.6. The van der Waals surface area contributed by atoms with E-state index in [-0.39, 0.29) is 0 Å². The molecule has 118 valence electrons. The Kier molecular flexibility index (Phi) is 16.3. The fraction of sp³-hybridized carbons (Fsp3) is 1.00. The molecule has 4 nitrogen and oxygen atoms in total. The molecule has 0 saturated carbocycles. The Morgan fingerprint density at radius 3 is 1.47 bits per heavy atom. The van der Waals surface area contributed by atoms with Gasteiger partial charge in [0.1, 0.15) is 0 Å². The molecule has 0 aliphatic rings. The summed E-state index contributed by atoms with van der Waals surface area (Å²) in [6.45, 7) is 15.2. The number of rotatable bonds is 10. The van der Waals surface area contributed by atoms with Gasteiger partial charge in [-0.25, -0.2) is 0 Å². The second-order valence-corrected chi connectivity index (χ2v) is 7.21. The average Bonchev–Trinajstić information content (AvgIpc) is 2.40. The predicted octanol–water partition coefficient (Wildman–Crippen LogP) is 3.44. The van der Waals surface area contributed by atoms with E-state index >= 15 is 0 Å². The lowest BCUT2D eigenvalue weighted by molar-refractivity contribution is 0.0712.